The standard InChI is InChI=1S/C26H23N3O3/c1-17-19(13-14-25(28-17)29-18(2)30)8-7-15-27-26(31)32-16-24-22-11-5-3-9-20(22)21-10-4-6-12-23(21)24/h3-6,9-14,24H,15-16H2,1-2H3,(H,27,31)(H,28,29,30). The maximum atomic E-state index is 12.2. The molecule has 1 aromatic heterocycles. The first-order chi connectivity index (χ1) is 15.5. The van der Waals surface area contributed by atoms with E-state index in [1.807, 2.05) is 31.2 Å². The third-order valence-electron chi connectivity index (χ3n) is 5.28. The molecule has 2 aromatic carbocycles. The lowest BCUT2D eigenvalue weighted by atomic mass is 9.98. The number of pyridine rings is 1. The van der Waals surface area contributed by atoms with Crippen LogP contribution in [0.1, 0.15) is 35.2 Å². The molecule has 32 heavy (non-hydrogen) atoms. The molecule has 0 aliphatic heterocycles. The van der Waals surface area contributed by atoms with Crippen molar-refractivity contribution in [1.82, 2.24) is 10.3 Å². The van der Waals surface area contributed by atoms with Crippen molar-refractivity contribution in [2.45, 2.75) is 19.8 Å². The molecule has 0 radical (unpaired) electrons. The Balaban J connectivity index is 1.32. The molecule has 0 saturated heterocycles. The highest BCUT2D eigenvalue weighted by Gasteiger charge is 2.28. The van der Waals surface area contributed by atoms with Crippen LogP contribution in [0.5, 0.6) is 0 Å². The van der Waals surface area contributed by atoms with E-state index < -0.39 is 6.09 Å². The predicted molar refractivity (Wildman–Crippen MR) is 123 cm³/mol. The number of benzene rings is 2. The maximum absolute atomic E-state index is 12.2. The average molecular weight is 425 g/mol. The normalized spacial score (nSPS) is 11.6. The largest absolute Gasteiger partial charge is 0.449 e. The molecule has 2 N–H and O–H groups in total. The van der Waals surface area contributed by atoms with Gasteiger partial charge in [0.25, 0.3) is 0 Å². The number of aromatic nitrogens is 1. The van der Waals surface area contributed by atoms with Crippen LogP contribution in [-0.4, -0.2) is 30.1 Å². The second kappa shape index (κ2) is 9.36. The first-order valence-electron chi connectivity index (χ1n) is 10.4. The highest BCUT2D eigenvalue weighted by atomic mass is 16.5. The number of carbonyl (C=O) groups excluding carboxylic acids is 2. The molecule has 0 bridgehead atoms. The zero-order valence-corrected chi connectivity index (χ0v) is 17.9. The number of hydrogen-bond donors (Lipinski definition) is 2. The summed E-state index contributed by atoms with van der Waals surface area (Å²) in [6.07, 6.45) is -0.503. The van der Waals surface area contributed by atoms with Crippen molar-refractivity contribution in [1.29, 1.82) is 0 Å². The Kier molecular flexibility index (Phi) is 6.18. The molecule has 3 aromatic rings. The van der Waals surface area contributed by atoms with E-state index in [-0.39, 0.29) is 25.0 Å². The fourth-order valence-electron chi connectivity index (χ4n) is 3.85. The average Bonchev–Trinajstić information content (AvgIpc) is 3.10. The van der Waals surface area contributed by atoms with Crippen LogP contribution in [0.15, 0.2) is 60.7 Å². The maximum Gasteiger partial charge on any atom is 0.407 e. The van der Waals surface area contributed by atoms with Gasteiger partial charge in [-0.2, -0.15) is 0 Å². The molecule has 0 fully saturated rings. The summed E-state index contributed by atoms with van der Waals surface area (Å²) in [6, 6.07) is 19.9. The van der Waals surface area contributed by atoms with E-state index in [2.05, 4.69) is 51.7 Å². The van der Waals surface area contributed by atoms with Gasteiger partial charge in [0.2, 0.25) is 5.91 Å². The highest BCUT2D eigenvalue weighted by Crippen LogP contribution is 2.44. The van der Waals surface area contributed by atoms with Crippen LogP contribution in [0.2, 0.25) is 0 Å². The van der Waals surface area contributed by atoms with Crippen LogP contribution in [0.25, 0.3) is 11.1 Å². The van der Waals surface area contributed by atoms with E-state index in [9.17, 15) is 9.59 Å². The van der Waals surface area contributed by atoms with Crippen molar-refractivity contribution >= 4 is 17.8 Å². The second-order valence-electron chi connectivity index (χ2n) is 7.49. The van der Waals surface area contributed by atoms with Gasteiger partial charge >= 0.3 is 6.09 Å². The molecule has 0 atom stereocenters. The monoisotopic (exact) mass is 425 g/mol. The van der Waals surface area contributed by atoms with E-state index in [1.54, 1.807) is 12.1 Å². The minimum atomic E-state index is -0.503. The van der Waals surface area contributed by atoms with Crippen LogP contribution in [0.3, 0.4) is 0 Å². The van der Waals surface area contributed by atoms with Crippen molar-refractivity contribution in [3.63, 3.8) is 0 Å². The summed E-state index contributed by atoms with van der Waals surface area (Å²) in [5, 5.41) is 5.30. The zero-order chi connectivity index (χ0) is 22.5. The van der Waals surface area contributed by atoms with Crippen LogP contribution >= 0.6 is 0 Å². The van der Waals surface area contributed by atoms with Gasteiger partial charge in [-0.1, -0.05) is 60.4 Å². The Labute approximate surface area is 187 Å². The Morgan fingerprint density at radius 3 is 2.28 bits per heavy atom. The zero-order valence-electron chi connectivity index (χ0n) is 17.9. The molecule has 0 unspecified atom stereocenters. The highest BCUT2D eigenvalue weighted by molar-refractivity contribution is 5.87. The quantitative estimate of drug-likeness (QED) is 0.613. The second-order valence-corrected chi connectivity index (χ2v) is 7.49. The number of ether oxygens (including phenoxy) is 1. The molecule has 6 nitrogen and oxygen atoms in total. The van der Waals surface area contributed by atoms with Gasteiger partial charge in [-0.3, -0.25) is 4.79 Å². The van der Waals surface area contributed by atoms with Gasteiger partial charge in [0.05, 0.1) is 12.2 Å². The lowest BCUT2D eigenvalue weighted by Crippen LogP contribution is -2.26. The van der Waals surface area contributed by atoms with Crippen LogP contribution < -0.4 is 10.6 Å². The first-order valence-corrected chi connectivity index (χ1v) is 10.4. The van der Waals surface area contributed by atoms with E-state index in [0.29, 0.717) is 11.5 Å². The molecule has 1 heterocycles. The molecular formula is C26H23N3O3. The number of hydrogen-bond acceptors (Lipinski definition) is 4. The summed E-state index contributed by atoms with van der Waals surface area (Å²) < 4.78 is 5.50. The number of amides is 2. The minimum absolute atomic E-state index is 0.0232. The number of aryl methyl sites for hydroxylation is 1. The van der Waals surface area contributed by atoms with Gasteiger partial charge in [-0.25, -0.2) is 9.78 Å². The number of anilines is 1. The molecule has 6 heteroatoms. The SMILES string of the molecule is CC(=O)Nc1ccc(C#CCNC(=O)OCC2c3ccccc3-c3ccccc32)c(C)n1. The summed E-state index contributed by atoms with van der Waals surface area (Å²) in [4.78, 5) is 27.6. The lowest BCUT2D eigenvalue weighted by molar-refractivity contribution is -0.114. The van der Waals surface area contributed by atoms with E-state index in [4.69, 9.17) is 4.74 Å². The van der Waals surface area contributed by atoms with Gasteiger partial charge in [-0.15, -0.1) is 0 Å². The Bertz CT molecular complexity index is 1190. The van der Waals surface area contributed by atoms with Crippen molar-refractivity contribution in [3.8, 4) is 23.0 Å². The van der Waals surface area contributed by atoms with Crippen molar-refractivity contribution in [2.75, 3.05) is 18.5 Å². The third-order valence-corrected chi connectivity index (χ3v) is 5.28. The Morgan fingerprint density at radius 2 is 1.66 bits per heavy atom. The summed E-state index contributed by atoms with van der Waals surface area (Å²) in [5.74, 6) is 6.21. The molecule has 0 saturated carbocycles. The topological polar surface area (TPSA) is 80.3 Å². The number of carbonyl (C=O) groups is 2. The molecule has 1 aliphatic carbocycles. The minimum Gasteiger partial charge on any atom is -0.449 e. The van der Waals surface area contributed by atoms with Crippen molar-refractivity contribution in [2.24, 2.45) is 0 Å². The number of nitrogens with zero attached hydrogens (tertiary/aromatic N) is 1. The number of nitrogens with one attached hydrogen (secondary N) is 2. The Morgan fingerprint density at radius 1 is 1.00 bits per heavy atom. The van der Waals surface area contributed by atoms with E-state index in [0.717, 1.165) is 5.56 Å². The van der Waals surface area contributed by atoms with Crippen molar-refractivity contribution < 1.29 is 14.3 Å². The first kappa shape index (κ1) is 21.1. The third kappa shape index (κ3) is 4.62. The van der Waals surface area contributed by atoms with E-state index >= 15 is 0 Å². The molecule has 4 rings (SSSR count). The van der Waals surface area contributed by atoms with Crippen LogP contribution in [0.4, 0.5) is 10.6 Å². The fourth-order valence-corrected chi connectivity index (χ4v) is 3.85. The van der Waals surface area contributed by atoms with Gasteiger partial charge in [0.1, 0.15) is 12.4 Å². The van der Waals surface area contributed by atoms with Crippen LogP contribution in [0, 0.1) is 18.8 Å². The van der Waals surface area contributed by atoms with E-state index in [1.165, 1.54) is 29.2 Å². The Hall–Kier alpha value is -4.11. The van der Waals surface area contributed by atoms with Gasteiger partial charge < -0.3 is 15.4 Å². The smallest absolute Gasteiger partial charge is 0.407 e. The number of rotatable bonds is 4. The molecular weight excluding hydrogens is 402 g/mol. The molecule has 1 aliphatic rings. The summed E-state index contributed by atoms with van der Waals surface area (Å²) in [6.45, 7) is 3.67. The molecule has 0 spiro atoms. The number of alkyl carbamates (subject to hydrolysis) is 1. The van der Waals surface area contributed by atoms with Crippen LogP contribution in [-0.2, 0) is 9.53 Å². The van der Waals surface area contributed by atoms with Gasteiger partial charge in [0.15, 0.2) is 0 Å². The molecule has 160 valence electrons. The number of fused-ring (bicyclic) bond motifs is 3. The van der Waals surface area contributed by atoms with Gasteiger partial charge in [-0.05, 0) is 41.3 Å². The summed E-state index contributed by atoms with van der Waals surface area (Å²) >= 11 is 0. The predicted octanol–water partition coefficient (Wildman–Crippen LogP) is 4.24. The summed E-state index contributed by atoms with van der Waals surface area (Å²) in [5.41, 5.74) is 6.16. The summed E-state index contributed by atoms with van der Waals surface area (Å²) in [7, 11) is 0. The lowest BCUT2D eigenvalue weighted by Gasteiger charge is -2.14. The molecule has 2 amide bonds. The fraction of sp³-hybridized carbons (Fsp3) is 0.192. The van der Waals surface area contributed by atoms with Gasteiger partial charge in [0, 0.05) is 18.4 Å². The van der Waals surface area contributed by atoms with Crippen molar-refractivity contribution in [3.05, 3.63) is 83.0 Å².